The van der Waals surface area contributed by atoms with Gasteiger partial charge in [-0.15, -0.1) is 0 Å². The summed E-state index contributed by atoms with van der Waals surface area (Å²) in [5.41, 5.74) is 7.25. The molecule has 0 fully saturated rings. The molecule has 0 saturated heterocycles. The number of ketones is 1. The van der Waals surface area contributed by atoms with Crippen LogP contribution < -0.4 is 29.0 Å². The molecular formula is C39H41ClN2O11S2. The highest BCUT2D eigenvalue weighted by Crippen LogP contribution is 2.36. The van der Waals surface area contributed by atoms with Gasteiger partial charge in [-0.2, -0.15) is 4.31 Å². The number of hydrogen-bond acceptors (Lipinski definition) is 12. The Balaban J connectivity index is 0.000000351. The summed E-state index contributed by atoms with van der Waals surface area (Å²) >= 11 is 4.71. The maximum atomic E-state index is 13.3. The van der Waals surface area contributed by atoms with Crippen LogP contribution in [0.1, 0.15) is 11.1 Å². The predicted octanol–water partition coefficient (Wildman–Crippen LogP) is 6.11. The fourth-order valence-electron chi connectivity index (χ4n) is 4.52. The Morgan fingerprint density at radius 2 is 1.20 bits per heavy atom. The van der Waals surface area contributed by atoms with Crippen molar-refractivity contribution in [2.24, 2.45) is 0 Å². The maximum absolute atomic E-state index is 13.3. The number of halogens is 1. The van der Waals surface area contributed by atoms with Gasteiger partial charge in [-0.3, -0.25) is 14.4 Å². The summed E-state index contributed by atoms with van der Waals surface area (Å²) in [6.07, 6.45) is 3.24. The zero-order valence-electron chi connectivity index (χ0n) is 30.6. The molecule has 0 radical (unpaired) electrons. The minimum Gasteiger partial charge on any atom is -0.497 e. The molecule has 0 aliphatic carbocycles. The van der Waals surface area contributed by atoms with E-state index in [4.69, 9.17) is 36.3 Å². The number of carbonyl (C=O) groups is 3. The molecule has 4 aromatic carbocycles. The Morgan fingerprint density at radius 3 is 1.67 bits per heavy atom. The van der Waals surface area contributed by atoms with E-state index in [-0.39, 0.29) is 39.2 Å². The predicted molar refractivity (Wildman–Crippen MR) is 212 cm³/mol. The Morgan fingerprint density at radius 1 is 0.691 bits per heavy atom. The summed E-state index contributed by atoms with van der Waals surface area (Å²) in [5, 5.41) is -0.509. The van der Waals surface area contributed by atoms with Crippen LogP contribution in [0.15, 0.2) is 133 Å². The number of ether oxygens (including phenoxy) is 4. The van der Waals surface area contributed by atoms with Gasteiger partial charge in [-0.25, -0.2) is 16.8 Å². The summed E-state index contributed by atoms with van der Waals surface area (Å²) in [7, 11) is -1.97. The fraction of sp³-hybridized carbons (Fsp3) is 0.154. The number of allylic oxidation sites excluding steroid dienone is 2. The number of hydrogen-bond donors (Lipinski definition) is 1. The van der Waals surface area contributed by atoms with Gasteiger partial charge in [0.05, 0.1) is 44.0 Å². The van der Waals surface area contributed by atoms with Crippen LogP contribution in [0.25, 0.3) is 0 Å². The number of nitrogens with two attached hydrogens (primary N) is 1. The summed E-state index contributed by atoms with van der Waals surface area (Å²) in [6.45, 7) is 9.88. The number of benzene rings is 4. The van der Waals surface area contributed by atoms with E-state index >= 15 is 0 Å². The second-order valence-electron chi connectivity index (χ2n) is 10.9. The van der Waals surface area contributed by atoms with Gasteiger partial charge in [-0.1, -0.05) is 31.9 Å². The molecule has 0 unspecified atom stereocenters. The summed E-state index contributed by atoms with van der Waals surface area (Å²) in [6, 6.07) is 21.3. The van der Waals surface area contributed by atoms with Gasteiger partial charge in [0, 0.05) is 23.7 Å². The van der Waals surface area contributed by atoms with Gasteiger partial charge in [0.1, 0.15) is 28.7 Å². The van der Waals surface area contributed by atoms with E-state index in [1.807, 2.05) is 0 Å². The molecule has 0 aliphatic rings. The first-order chi connectivity index (χ1) is 26.0. The first-order valence-electron chi connectivity index (χ1n) is 15.8. The van der Waals surface area contributed by atoms with Crippen LogP contribution in [0.3, 0.4) is 0 Å². The number of sulfonamides is 1. The molecule has 2 N–H and O–H groups in total. The second kappa shape index (κ2) is 21.1. The number of nitrogen functional groups attached to an aromatic ring is 1. The fourth-order valence-corrected chi connectivity index (χ4v) is 7.28. The molecule has 0 bridgehead atoms. The quantitative estimate of drug-likeness (QED) is 0.0827. The van der Waals surface area contributed by atoms with Gasteiger partial charge in [0.2, 0.25) is 5.24 Å². The Hall–Kier alpha value is -5.90. The van der Waals surface area contributed by atoms with Crippen molar-refractivity contribution in [2.75, 3.05) is 38.5 Å². The third kappa shape index (κ3) is 12.9. The molecule has 0 saturated carbocycles. The molecule has 55 heavy (non-hydrogen) atoms. The molecule has 4 aromatic rings. The lowest BCUT2D eigenvalue weighted by atomic mass is 10.1. The Kier molecular flexibility index (Phi) is 17.4. The van der Waals surface area contributed by atoms with Crippen molar-refractivity contribution in [1.29, 1.82) is 0 Å². The lowest BCUT2D eigenvalue weighted by molar-refractivity contribution is -0.114. The molecular weight excluding hydrogens is 772 g/mol. The molecule has 0 spiro atoms. The number of sulfone groups is 1. The molecule has 0 aliphatic heterocycles. The second-order valence-corrected chi connectivity index (χ2v) is 15.0. The molecule has 16 heteroatoms. The Labute approximate surface area is 326 Å². The van der Waals surface area contributed by atoms with Crippen LogP contribution in [0.2, 0.25) is 0 Å². The SMILES string of the molecule is C=CC(=O)Cc1ccc(S(=O)(=O)N(C(=O)C=C)c2cc(OC)ccc2OC)cc1.C=CC(=O)Cl.COc1ccc(OC)c(CS(=O)(=O)c2ccc(N)cc2)c1. The van der Waals surface area contributed by atoms with Gasteiger partial charge in [0.15, 0.2) is 15.6 Å². The van der Waals surface area contributed by atoms with E-state index in [2.05, 4.69) is 19.7 Å². The zero-order chi connectivity index (χ0) is 41.3. The molecule has 1 amide bonds. The first kappa shape index (κ1) is 45.3. The van der Waals surface area contributed by atoms with Crippen LogP contribution >= 0.6 is 11.6 Å². The lowest BCUT2D eigenvalue weighted by Gasteiger charge is -2.23. The summed E-state index contributed by atoms with van der Waals surface area (Å²) < 4.78 is 72.7. The average molecular weight is 813 g/mol. The van der Waals surface area contributed by atoms with E-state index in [9.17, 15) is 31.2 Å². The molecule has 13 nitrogen and oxygen atoms in total. The van der Waals surface area contributed by atoms with E-state index in [1.54, 1.807) is 36.4 Å². The van der Waals surface area contributed by atoms with Crippen LogP contribution in [0.5, 0.6) is 23.0 Å². The van der Waals surface area contributed by atoms with Crippen molar-refractivity contribution in [1.82, 2.24) is 0 Å². The van der Waals surface area contributed by atoms with Gasteiger partial charge >= 0.3 is 0 Å². The topological polar surface area (TPSA) is 186 Å². The van der Waals surface area contributed by atoms with Gasteiger partial charge in [-0.05, 0) is 102 Å². The van der Waals surface area contributed by atoms with E-state index < -0.39 is 31.0 Å². The van der Waals surface area contributed by atoms with E-state index in [1.165, 1.54) is 83.0 Å². The largest absolute Gasteiger partial charge is 0.497 e. The highest BCUT2D eigenvalue weighted by molar-refractivity contribution is 7.93. The standard InChI is InChI=1S/C21H21NO6S.C15H17NO4S.C3H3ClO/c1-5-16(23)13-15-7-10-18(11-8-15)29(25,26)22(21(24)6-2)19-14-17(27-3)9-12-20(19)28-4;1-19-13-5-8-15(20-2)11(9-13)10-21(17,18)14-6-3-12(16)4-7-14;1-2-3(4)5/h5-12,14H,1-2,13H2,3-4H3;3-9H,10,16H2,1-2H3;2H,1H2. The number of nitrogens with zero attached hydrogens (tertiary/aromatic N) is 1. The van der Waals surface area contributed by atoms with Crippen molar-refractivity contribution in [3.8, 4) is 23.0 Å². The van der Waals surface area contributed by atoms with Crippen molar-refractivity contribution in [3.63, 3.8) is 0 Å². The van der Waals surface area contributed by atoms with E-state index in [0.717, 1.165) is 12.2 Å². The molecule has 0 heterocycles. The Bertz CT molecular complexity index is 2220. The van der Waals surface area contributed by atoms with Gasteiger partial charge < -0.3 is 24.7 Å². The van der Waals surface area contributed by atoms with Gasteiger partial charge in [0.25, 0.3) is 15.9 Å². The smallest absolute Gasteiger partial charge is 0.271 e. The molecule has 0 aromatic heterocycles. The van der Waals surface area contributed by atoms with E-state index in [0.29, 0.717) is 38.4 Å². The monoisotopic (exact) mass is 812 g/mol. The minimum absolute atomic E-state index is 0.0114. The molecule has 292 valence electrons. The molecule has 0 atom stereocenters. The average Bonchev–Trinajstić information content (AvgIpc) is 3.18. The number of anilines is 2. The normalized spacial score (nSPS) is 10.5. The van der Waals surface area contributed by atoms with Crippen LogP contribution in [0, 0.1) is 0 Å². The number of rotatable bonds is 15. The van der Waals surface area contributed by atoms with Crippen LogP contribution in [0.4, 0.5) is 11.4 Å². The van der Waals surface area contributed by atoms with Crippen molar-refractivity contribution in [3.05, 3.63) is 134 Å². The molecule has 4 rings (SSSR count). The maximum Gasteiger partial charge on any atom is 0.271 e. The summed E-state index contributed by atoms with van der Waals surface area (Å²) in [4.78, 5) is 33.6. The van der Waals surface area contributed by atoms with Crippen molar-refractivity contribution in [2.45, 2.75) is 22.0 Å². The van der Waals surface area contributed by atoms with Crippen LogP contribution in [-0.4, -0.2) is 62.2 Å². The number of carbonyl (C=O) groups excluding carboxylic acids is 3. The minimum atomic E-state index is -4.30. The number of amides is 1. The highest BCUT2D eigenvalue weighted by atomic mass is 35.5. The first-order valence-corrected chi connectivity index (χ1v) is 19.3. The number of methoxy groups -OCH3 is 4. The van der Waals surface area contributed by atoms with Crippen molar-refractivity contribution >= 4 is 59.8 Å². The third-order valence-corrected chi connectivity index (χ3v) is 10.8. The van der Waals surface area contributed by atoms with Crippen LogP contribution in [-0.2, 0) is 46.4 Å². The summed E-state index contributed by atoms with van der Waals surface area (Å²) in [5.74, 6) is 0.381. The lowest BCUT2D eigenvalue weighted by Crippen LogP contribution is -2.36. The van der Waals surface area contributed by atoms with Crippen molar-refractivity contribution < 1.29 is 50.2 Å². The highest BCUT2D eigenvalue weighted by Gasteiger charge is 2.32. The zero-order valence-corrected chi connectivity index (χ0v) is 32.9. The third-order valence-electron chi connectivity index (χ3n) is 7.28.